The summed E-state index contributed by atoms with van der Waals surface area (Å²) >= 11 is 0. The summed E-state index contributed by atoms with van der Waals surface area (Å²) < 4.78 is 1.12. The third-order valence-electron chi connectivity index (χ3n) is 4.84. The van der Waals surface area contributed by atoms with Crippen molar-refractivity contribution in [1.82, 2.24) is 25.0 Å². The van der Waals surface area contributed by atoms with E-state index in [-0.39, 0.29) is 24.2 Å². The Morgan fingerprint density at radius 3 is 2.96 bits per heavy atom. The lowest BCUT2D eigenvalue weighted by molar-refractivity contribution is -0.137. The van der Waals surface area contributed by atoms with Gasteiger partial charge in [0.1, 0.15) is 11.9 Å². The SMILES string of the molecule is CC(NC(=O)n1cc(-c2ccnc3c2CC(=O)N3)cn1)C(=O)N1CC(C#N)C1. The van der Waals surface area contributed by atoms with Crippen molar-refractivity contribution in [1.29, 1.82) is 5.26 Å². The molecule has 0 saturated carbocycles. The van der Waals surface area contributed by atoms with Gasteiger partial charge in [0.25, 0.3) is 0 Å². The summed E-state index contributed by atoms with van der Waals surface area (Å²) in [5, 5.41) is 18.2. The van der Waals surface area contributed by atoms with Gasteiger partial charge in [-0.3, -0.25) is 9.59 Å². The van der Waals surface area contributed by atoms with Crippen LogP contribution in [0.15, 0.2) is 24.7 Å². The van der Waals surface area contributed by atoms with Crippen LogP contribution in [-0.2, 0) is 16.0 Å². The van der Waals surface area contributed by atoms with Gasteiger partial charge in [-0.2, -0.15) is 15.0 Å². The molecule has 10 heteroatoms. The van der Waals surface area contributed by atoms with Crippen LogP contribution in [0.5, 0.6) is 0 Å². The minimum Gasteiger partial charge on any atom is -0.338 e. The molecule has 0 bridgehead atoms. The number of hydrogen-bond acceptors (Lipinski definition) is 6. The third kappa shape index (κ3) is 3.07. The molecule has 0 radical (unpaired) electrons. The van der Waals surface area contributed by atoms with E-state index in [1.54, 1.807) is 25.4 Å². The minimum atomic E-state index is -0.730. The summed E-state index contributed by atoms with van der Waals surface area (Å²) in [4.78, 5) is 42.0. The zero-order chi connectivity index (χ0) is 19.8. The molecule has 1 atom stereocenters. The number of pyridine rings is 1. The third-order valence-corrected chi connectivity index (χ3v) is 4.84. The van der Waals surface area contributed by atoms with E-state index < -0.39 is 12.1 Å². The second-order valence-corrected chi connectivity index (χ2v) is 6.82. The lowest BCUT2D eigenvalue weighted by Crippen LogP contribution is -2.56. The molecule has 2 aliphatic heterocycles. The first-order valence-electron chi connectivity index (χ1n) is 8.78. The number of nitrogens with one attached hydrogen (secondary N) is 2. The van der Waals surface area contributed by atoms with E-state index in [4.69, 9.17) is 5.26 Å². The van der Waals surface area contributed by atoms with E-state index in [0.717, 1.165) is 15.8 Å². The number of aromatic nitrogens is 3. The summed E-state index contributed by atoms with van der Waals surface area (Å²) in [6.07, 6.45) is 4.87. The number of nitrogens with zero attached hydrogens (tertiary/aromatic N) is 5. The van der Waals surface area contributed by atoms with Gasteiger partial charge in [0.05, 0.1) is 24.6 Å². The van der Waals surface area contributed by atoms with Crippen LogP contribution < -0.4 is 10.6 Å². The van der Waals surface area contributed by atoms with Crippen molar-refractivity contribution in [3.8, 4) is 17.2 Å². The van der Waals surface area contributed by atoms with Crippen LogP contribution >= 0.6 is 0 Å². The van der Waals surface area contributed by atoms with Crippen molar-refractivity contribution < 1.29 is 14.4 Å². The van der Waals surface area contributed by atoms with Crippen molar-refractivity contribution in [2.24, 2.45) is 5.92 Å². The molecule has 4 rings (SSSR count). The van der Waals surface area contributed by atoms with Crippen LogP contribution in [0.25, 0.3) is 11.1 Å². The molecule has 0 spiro atoms. The molecule has 1 unspecified atom stereocenters. The maximum atomic E-state index is 12.4. The molecule has 2 aliphatic rings. The molecule has 3 amide bonds. The van der Waals surface area contributed by atoms with Crippen LogP contribution in [0, 0.1) is 17.2 Å². The number of carbonyl (C=O) groups is 3. The zero-order valence-corrected chi connectivity index (χ0v) is 15.0. The Morgan fingerprint density at radius 1 is 1.43 bits per heavy atom. The average Bonchev–Trinajstić information content (AvgIpc) is 3.26. The quantitative estimate of drug-likeness (QED) is 0.791. The molecule has 4 heterocycles. The molecule has 2 N–H and O–H groups in total. The van der Waals surface area contributed by atoms with Crippen LogP contribution in [0.3, 0.4) is 0 Å². The van der Waals surface area contributed by atoms with Gasteiger partial charge < -0.3 is 15.5 Å². The maximum Gasteiger partial charge on any atom is 0.342 e. The van der Waals surface area contributed by atoms with Gasteiger partial charge in [-0.15, -0.1) is 0 Å². The molecule has 28 heavy (non-hydrogen) atoms. The van der Waals surface area contributed by atoms with Crippen LogP contribution in [0.2, 0.25) is 0 Å². The zero-order valence-electron chi connectivity index (χ0n) is 15.0. The molecule has 1 saturated heterocycles. The molecular formula is C18H17N7O3. The molecular weight excluding hydrogens is 362 g/mol. The Bertz CT molecular complexity index is 1020. The van der Waals surface area contributed by atoms with Gasteiger partial charge in [0.15, 0.2) is 0 Å². The van der Waals surface area contributed by atoms with Gasteiger partial charge >= 0.3 is 6.03 Å². The van der Waals surface area contributed by atoms with Crippen molar-refractivity contribution in [2.75, 3.05) is 18.4 Å². The predicted molar refractivity (Wildman–Crippen MR) is 96.9 cm³/mol. The second kappa shape index (κ2) is 6.77. The number of hydrogen-bond donors (Lipinski definition) is 2. The first-order chi connectivity index (χ1) is 13.5. The fourth-order valence-corrected chi connectivity index (χ4v) is 3.29. The first-order valence-corrected chi connectivity index (χ1v) is 8.78. The molecule has 1 fully saturated rings. The largest absolute Gasteiger partial charge is 0.342 e. The van der Waals surface area contributed by atoms with E-state index in [0.29, 0.717) is 24.5 Å². The number of amides is 3. The van der Waals surface area contributed by atoms with Gasteiger partial charge in [0, 0.05) is 36.6 Å². The number of rotatable bonds is 3. The Hall–Kier alpha value is -3.74. The summed E-state index contributed by atoms with van der Waals surface area (Å²) in [5.41, 5.74) is 2.21. The lowest BCUT2D eigenvalue weighted by Gasteiger charge is -2.36. The number of likely N-dealkylation sites (tertiary alicyclic amines) is 1. The van der Waals surface area contributed by atoms with E-state index >= 15 is 0 Å². The highest BCUT2D eigenvalue weighted by Gasteiger charge is 2.33. The van der Waals surface area contributed by atoms with Crippen LogP contribution in [0.1, 0.15) is 12.5 Å². The van der Waals surface area contributed by atoms with Gasteiger partial charge in [-0.05, 0) is 18.6 Å². The Morgan fingerprint density at radius 2 is 2.21 bits per heavy atom. The van der Waals surface area contributed by atoms with Crippen LogP contribution in [-0.4, -0.2) is 56.6 Å². The van der Waals surface area contributed by atoms with Crippen molar-refractivity contribution in [3.63, 3.8) is 0 Å². The molecule has 0 aromatic carbocycles. The smallest absolute Gasteiger partial charge is 0.338 e. The summed E-state index contributed by atoms with van der Waals surface area (Å²) in [6, 6.07) is 2.60. The van der Waals surface area contributed by atoms with Gasteiger partial charge in [-0.1, -0.05) is 0 Å². The number of carbonyl (C=O) groups excluding carboxylic acids is 3. The van der Waals surface area contributed by atoms with E-state index in [9.17, 15) is 14.4 Å². The number of nitriles is 1. The Kier molecular flexibility index (Phi) is 4.27. The highest BCUT2D eigenvalue weighted by molar-refractivity contribution is 6.00. The van der Waals surface area contributed by atoms with Gasteiger partial charge in [-0.25, -0.2) is 9.78 Å². The molecule has 2 aromatic heterocycles. The fourth-order valence-electron chi connectivity index (χ4n) is 3.29. The standard InChI is InChI=1S/C18H17N7O3/c1-10(17(27)24-7-11(5-19)8-24)22-18(28)25-9-12(6-21-25)13-2-3-20-16-14(13)4-15(26)23-16/h2-3,6,9-11H,4,7-8H2,1H3,(H,22,28)(H,20,23,26). The minimum absolute atomic E-state index is 0.128. The fraction of sp³-hybridized carbons (Fsp3) is 0.333. The summed E-state index contributed by atoms with van der Waals surface area (Å²) in [6.45, 7) is 2.38. The number of anilines is 1. The van der Waals surface area contributed by atoms with Crippen LogP contribution in [0.4, 0.5) is 10.6 Å². The van der Waals surface area contributed by atoms with Crippen molar-refractivity contribution in [3.05, 3.63) is 30.2 Å². The lowest BCUT2D eigenvalue weighted by atomic mass is 10.0. The first kappa shape index (κ1) is 17.7. The van der Waals surface area contributed by atoms with E-state index in [1.807, 2.05) is 0 Å². The molecule has 2 aromatic rings. The van der Waals surface area contributed by atoms with Crippen molar-refractivity contribution in [2.45, 2.75) is 19.4 Å². The van der Waals surface area contributed by atoms with Gasteiger partial charge in [0.2, 0.25) is 11.8 Å². The molecule has 10 nitrogen and oxygen atoms in total. The maximum absolute atomic E-state index is 12.4. The highest BCUT2D eigenvalue weighted by Crippen LogP contribution is 2.31. The second-order valence-electron chi connectivity index (χ2n) is 6.82. The Balaban J connectivity index is 1.44. The van der Waals surface area contributed by atoms with Crippen molar-refractivity contribution >= 4 is 23.7 Å². The predicted octanol–water partition coefficient (Wildman–Crippen LogP) is 0.368. The molecule has 142 valence electrons. The van der Waals surface area contributed by atoms with E-state index in [2.05, 4.69) is 26.8 Å². The van der Waals surface area contributed by atoms with E-state index in [1.165, 1.54) is 11.1 Å². The summed E-state index contributed by atoms with van der Waals surface area (Å²) in [5.74, 6) is 0.0222. The summed E-state index contributed by atoms with van der Waals surface area (Å²) in [7, 11) is 0. The molecule has 0 aliphatic carbocycles. The monoisotopic (exact) mass is 379 g/mol. The average molecular weight is 379 g/mol. The topological polar surface area (TPSA) is 133 Å². The number of fused-ring (bicyclic) bond motifs is 1. The highest BCUT2D eigenvalue weighted by atomic mass is 16.2. The normalized spacial score (nSPS) is 16.6. The Labute approximate surface area is 160 Å².